The molecule has 0 saturated heterocycles. The van der Waals surface area contributed by atoms with E-state index in [4.69, 9.17) is 0 Å². The lowest BCUT2D eigenvalue weighted by Gasteiger charge is -2.12. The average Bonchev–Trinajstić information content (AvgIpc) is 2.55. The van der Waals surface area contributed by atoms with E-state index in [2.05, 4.69) is 10.0 Å². The van der Waals surface area contributed by atoms with Crippen LogP contribution in [0.25, 0.3) is 0 Å². The summed E-state index contributed by atoms with van der Waals surface area (Å²) in [5, 5.41) is 2.54. The number of halogens is 1. The first-order valence-electron chi connectivity index (χ1n) is 7.51. The molecule has 128 valence electrons. The molecule has 2 aromatic rings. The Morgan fingerprint density at radius 2 is 1.75 bits per heavy atom. The van der Waals surface area contributed by atoms with E-state index in [1.165, 1.54) is 42.5 Å². The summed E-state index contributed by atoms with van der Waals surface area (Å²) in [5.74, 6) is -1.21. The number of carbonyl (C=O) groups excluding carboxylic acids is 1. The Bertz CT molecular complexity index is 820. The molecule has 0 heterocycles. The molecule has 0 saturated carbocycles. The molecule has 0 aliphatic heterocycles. The molecule has 0 aliphatic carbocycles. The van der Waals surface area contributed by atoms with Crippen molar-refractivity contribution in [1.29, 1.82) is 0 Å². The summed E-state index contributed by atoms with van der Waals surface area (Å²) >= 11 is 0. The molecule has 2 aromatic carbocycles. The third kappa shape index (κ3) is 4.39. The standard InChI is InChI=1S/C17H19FN2O3S/c1-3-12(2)20-24(22,23)14-10-8-13(9-11-14)19-17(21)15-6-4-5-7-16(15)18/h4-12,20H,3H2,1-2H3,(H,19,21)/t12-/m0/s1. The van der Waals surface area contributed by atoms with Crippen LogP contribution in [-0.4, -0.2) is 20.4 Å². The maximum Gasteiger partial charge on any atom is 0.258 e. The minimum Gasteiger partial charge on any atom is -0.322 e. The van der Waals surface area contributed by atoms with Crippen LogP contribution < -0.4 is 10.0 Å². The third-order valence-electron chi connectivity index (χ3n) is 3.51. The van der Waals surface area contributed by atoms with Crippen molar-refractivity contribution in [1.82, 2.24) is 4.72 Å². The van der Waals surface area contributed by atoms with Crippen molar-refractivity contribution in [3.05, 3.63) is 59.9 Å². The topological polar surface area (TPSA) is 75.3 Å². The first kappa shape index (κ1) is 18.1. The highest BCUT2D eigenvalue weighted by Crippen LogP contribution is 2.16. The second-order valence-electron chi connectivity index (χ2n) is 5.39. The van der Waals surface area contributed by atoms with Crippen molar-refractivity contribution in [2.75, 3.05) is 5.32 Å². The van der Waals surface area contributed by atoms with Crippen LogP contribution in [0.3, 0.4) is 0 Å². The van der Waals surface area contributed by atoms with Crippen LogP contribution in [0.4, 0.5) is 10.1 Å². The molecule has 7 heteroatoms. The zero-order valence-electron chi connectivity index (χ0n) is 13.4. The van der Waals surface area contributed by atoms with Crippen molar-refractivity contribution in [2.45, 2.75) is 31.2 Å². The van der Waals surface area contributed by atoms with Crippen molar-refractivity contribution in [3.8, 4) is 0 Å². The van der Waals surface area contributed by atoms with Crippen molar-refractivity contribution >= 4 is 21.6 Å². The molecule has 0 fully saturated rings. The first-order valence-corrected chi connectivity index (χ1v) is 9.00. The number of rotatable bonds is 6. The van der Waals surface area contributed by atoms with E-state index in [1.54, 1.807) is 13.0 Å². The van der Waals surface area contributed by atoms with Gasteiger partial charge in [0.1, 0.15) is 5.82 Å². The van der Waals surface area contributed by atoms with Gasteiger partial charge in [-0.1, -0.05) is 19.1 Å². The SMILES string of the molecule is CC[C@H](C)NS(=O)(=O)c1ccc(NC(=O)c2ccccc2F)cc1. The van der Waals surface area contributed by atoms with Crippen molar-refractivity contribution in [3.63, 3.8) is 0 Å². The summed E-state index contributed by atoms with van der Waals surface area (Å²) in [6.07, 6.45) is 0.677. The molecule has 0 radical (unpaired) electrons. The van der Waals surface area contributed by atoms with Crippen LogP contribution in [-0.2, 0) is 10.0 Å². The summed E-state index contributed by atoms with van der Waals surface area (Å²) in [4.78, 5) is 12.1. The Balaban J connectivity index is 2.13. The second kappa shape index (κ2) is 7.55. The van der Waals surface area contributed by atoms with Crippen LogP contribution in [0.15, 0.2) is 53.4 Å². The molecular formula is C17H19FN2O3S. The van der Waals surface area contributed by atoms with Gasteiger partial charge in [-0.05, 0) is 49.7 Å². The summed E-state index contributed by atoms with van der Waals surface area (Å²) in [6, 6.07) is 11.2. The fourth-order valence-corrected chi connectivity index (χ4v) is 3.30. The number of benzene rings is 2. The lowest BCUT2D eigenvalue weighted by atomic mass is 10.2. The van der Waals surface area contributed by atoms with Gasteiger partial charge in [0.15, 0.2) is 0 Å². The van der Waals surface area contributed by atoms with Gasteiger partial charge in [0.2, 0.25) is 10.0 Å². The molecule has 0 spiro atoms. The van der Waals surface area contributed by atoms with Crippen LogP contribution in [0.1, 0.15) is 30.6 Å². The van der Waals surface area contributed by atoms with Gasteiger partial charge in [-0.15, -0.1) is 0 Å². The number of nitrogens with one attached hydrogen (secondary N) is 2. The second-order valence-corrected chi connectivity index (χ2v) is 7.10. The van der Waals surface area contributed by atoms with Gasteiger partial charge >= 0.3 is 0 Å². The molecular weight excluding hydrogens is 331 g/mol. The van der Waals surface area contributed by atoms with Crippen molar-refractivity contribution in [2.24, 2.45) is 0 Å². The van der Waals surface area contributed by atoms with Gasteiger partial charge in [-0.3, -0.25) is 4.79 Å². The van der Waals surface area contributed by atoms with E-state index < -0.39 is 21.7 Å². The van der Waals surface area contributed by atoms with Gasteiger partial charge < -0.3 is 5.32 Å². The van der Waals surface area contributed by atoms with Crippen LogP contribution in [0.2, 0.25) is 0 Å². The number of carbonyl (C=O) groups is 1. The summed E-state index contributed by atoms with van der Waals surface area (Å²) < 4.78 is 40.4. The molecule has 5 nitrogen and oxygen atoms in total. The minimum absolute atomic E-state index is 0.0763. The maximum atomic E-state index is 13.6. The van der Waals surface area contributed by atoms with Gasteiger partial charge in [-0.25, -0.2) is 17.5 Å². The number of amides is 1. The van der Waals surface area contributed by atoms with Gasteiger partial charge in [0, 0.05) is 11.7 Å². The molecule has 1 atom stereocenters. The Morgan fingerprint density at radius 3 is 2.33 bits per heavy atom. The summed E-state index contributed by atoms with van der Waals surface area (Å²) in [6.45, 7) is 3.66. The van der Waals surface area contributed by atoms with E-state index in [0.717, 1.165) is 0 Å². The predicted molar refractivity (Wildman–Crippen MR) is 90.9 cm³/mol. The highest BCUT2D eigenvalue weighted by molar-refractivity contribution is 7.89. The third-order valence-corrected chi connectivity index (χ3v) is 5.12. The van der Waals surface area contributed by atoms with E-state index >= 15 is 0 Å². The Labute approximate surface area is 141 Å². The molecule has 1 amide bonds. The summed E-state index contributed by atoms with van der Waals surface area (Å²) in [7, 11) is -3.60. The molecule has 0 unspecified atom stereocenters. The van der Waals surface area contributed by atoms with Crippen LogP contribution in [0.5, 0.6) is 0 Å². The van der Waals surface area contributed by atoms with E-state index in [0.29, 0.717) is 12.1 Å². The van der Waals surface area contributed by atoms with E-state index in [1.807, 2.05) is 6.92 Å². The van der Waals surface area contributed by atoms with Gasteiger partial charge in [0.25, 0.3) is 5.91 Å². The van der Waals surface area contributed by atoms with Gasteiger partial charge in [0.05, 0.1) is 10.5 Å². The minimum atomic E-state index is -3.60. The molecule has 2 N–H and O–H groups in total. The fraction of sp³-hybridized carbons (Fsp3) is 0.235. The Morgan fingerprint density at radius 1 is 1.12 bits per heavy atom. The van der Waals surface area contributed by atoms with Gasteiger partial charge in [-0.2, -0.15) is 0 Å². The lowest BCUT2D eigenvalue weighted by Crippen LogP contribution is -2.31. The molecule has 24 heavy (non-hydrogen) atoms. The molecule has 0 bridgehead atoms. The van der Waals surface area contributed by atoms with E-state index in [-0.39, 0.29) is 16.5 Å². The molecule has 0 aromatic heterocycles. The number of sulfonamides is 1. The monoisotopic (exact) mass is 350 g/mol. The number of hydrogen-bond donors (Lipinski definition) is 2. The van der Waals surface area contributed by atoms with E-state index in [9.17, 15) is 17.6 Å². The Hall–Kier alpha value is -2.25. The Kier molecular flexibility index (Phi) is 5.69. The fourth-order valence-electron chi connectivity index (χ4n) is 1.98. The number of hydrogen-bond acceptors (Lipinski definition) is 3. The van der Waals surface area contributed by atoms with Crippen molar-refractivity contribution < 1.29 is 17.6 Å². The zero-order valence-corrected chi connectivity index (χ0v) is 14.2. The molecule has 0 aliphatic rings. The zero-order chi connectivity index (χ0) is 17.7. The largest absolute Gasteiger partial charge is 0.322 e. The highest BCUT2D eigenvalue weighted by Gasteiger charge is 2.17. The van der Waals surface area contributed by atoms with Crippen LogP contribution >= 0.6 is 0 Å². The first-order chi connectivity index (χ1) is 11.3. The number of anilines is 1. The maximum absolute atomic E-state index is 13.6. The lowest BCUT2D eigenvalue weighted by molar-refractivity contribution is 0.102. The highest BCUT2D eigenvalue weighted by atomic mass is 32.2. The molecule has 2 rings (SSSR count). The smallest absolute Gasteiger partial charge is 0.258 e. The van der Waals surface area contributed by atoms with Crippen LogP contribution in [0, 0.1) is 5.82 Å². The quantitative estimate of drug-likeness (QED) is 0.840. The predicted octanol–water partition coefficient (Wildman–Crippen LogP) is 3.15. The normalized spacial score (nSPS) is 12.6. The summed E-state index contributed by atoms with van der Waals surface area (Å²) in [5.41, 5.74) is 0.304. The average molecular weight is 350 g/mol.